The van der Waals surface area contributed by atoms with Crippen LogP contribution < -0.4 is 10.6 Å². The third-order valence-corrected chi connectivity index (χ3v) is 4.39. The Morgan fingerprint density at radius 1 is 1.13 bits per heavy atom. The maximum absolute atomic E-state index is 11.2. The van der Waals surface area contributed by atoms with Gasteiger partial charge in [0.25, 0.3) is 0 Å². The van der Waals surface area contributed by atoms with Crippen molar-refractivity contribution in [2.75, 3.05) is 11.9 Å². The van der Waals surface area contributed by atoms with Crippen LogP contribution in [0.15, 0.2) is 48.5 Å². The molecule has 1 amide bonds. The summed E-state index contributed by atoms with van der Waals surface area (Å²) in [5.41, 5.74) is 4.19. The van der Waals surface area contributed by atoms with Crippen molar-refractivity contribution in [3.63, 3.8) is 0 Å². The molecule has 2 aromatic carbocycles. The molecule has 1 aliphatic rings. The standard InChI is InChI=1S/C19H22N2O2/c1-14(23)21-18-8-4-5-15(9-18)12-20-19(13-22)10-16-6-2-3-7-17(16)11-19/h2-9,20,22H,10-13H2,1H3,(H,21,23). The summed E-state index contributed by atoms with van der Waals surface area (Å²) in [6.07, 6.45) is 1.68. The van der Waals surface area contributed by atoms with Gasteiger partial charge in [0.05, 0.1) is 6.61 Å². The van der Waals surface area contributed by atoms with E-state index >= 15 is 0 Å². The molecule has 23 heavy (non-hydrogen) atoms. The average molecular weight is 310 g/mol. The highest BCUT2D eigenvalue weighted by Crippen LogP contribution is 2.30. The zero-order chi connectivity index (χ0) is 16.3. The van der Waals surface area contributed by atoms with Crippen LogP contribution in [-0.2, 0) is 24.2 Å². The molecule has 0 fully saturated rings. The van der Waals surface area contributed by atoms with E-state index in [-0.39, 0.29) is 18.1 Å². The van der Waals surface area contributed by atoms with E-state index in [1.807, 2.05) is 36.4 Å². The van der Waals surface area contributed by atoms with Crippen molar-refractivity contribution < 1.29 is 9.90 Å². The first-order valence-electron chi connectivity index (χ1n) is 7.89. The van der Waals surface area contributed by atoms with Crippen molar-refractivity contribution in [3.05, 3.63) is 65.2 Å². The van der Waals surface area contributed by atoms with Crippen LogP contribution in [0.1, 0.15) is 23.6 Å². The normalized spacial score (nSPS) is 15.2. The minimum Gasteiger partial charge on any atom is -0.394 e. The molecule has 0 unspecified atom stereocenters. The van der Waals surface area contributed by atoms with Crippen LogP contribution in [-0.4, -0.2) is 23.2 Å². The molecule has 0 atom stereocenters. The first-order valence-corrected chi connectivity index (χ1v) is 7.89. The predicted molar refractivity (Wildman–Crippen MR) is 91.3 cm³/mol. The fourth-order valence-electron chi connectivity index (χ4n) is 3.24. The first-order chi connectivity index (χ1) is 11.1. The summed E-state index contributed by atoms with van der Waals surface area (Å²) in [6, 6.07) is 16.1. The smallest absolute Gasteiger partial charge is 0.221 e. The van der Waals surface area contributed by atoms with Gasteiger partial charge in [0, 0.05) is 24.7 Å². The average Bonchev–Trinajstić information content (AvgIpc) is 2.92. The molecule has 0 bridgehead atoms. The third kappa shape index (κ3) is 3.60. The summed E-state index contributed by atoms with van der Waals surface area (Å²) >= 11 is 0. The highest BCUT2D eigenvalue weighted by atomic mass is 16.3. The maximum atomic E-state index is 11.2. The van der Waals surface area contributed by atoms with Gasteiger partial charge in [0.2, 0.25) is 5.91 Å². The number of carbonyl (C=O) groups excluding carboxylic acids is 1. The van der Waals surface area contributed by atoms with Crippen LogP contribution in [0.5, 0.6) is 0 Å². The molecule has 0 spiro atoms. The van der Waals surface area contributed by atoms with Gasteiger partial charge < -0.3 is 15.7 Å². The first kappa shape index (κ1) is 15.7. The maximum Gasteiger partial charge on any atom is 0.221 e. The fourth-order valence-corrected chi connectivity index (χ4v) is 3.24. The number of hydrogen-bond donors (Lipinski definition) is 3. The summed E-state index contributed by atoms with van der Waals surface area (Å²) in [6.45, 7) is 2.26. The minimum atomic E-state index is -0.298. The van der Waals surface area contributed by atoms with Gasteiger partial charge >= 0.3 is 0 Å². The van der Waals surface area contributed by atoms with Crippen molar-refractivity contribution in [1.29, 1.82) is 0 Å². The second-order valence-corrected chi connectivity index (χ2v) is 6.30. The number of aliphatic hydroxyl groups is 1. The van der Waals surface area contributed by atoms with E-state index in [1.54, 1.807) is 0 Å². The van der Waals surface area contributed by atoms with Gasteiger partial charge in [-0.1, -0.05) is 36.4 Å². The Hall–Kier alpha value is -2.17. The Balaban J connectivity index is 1.69. The summed E-state index contributed by atoms with van der Waals surface area (Å²) in [5, 5.41) is 16.2. The van der Waals surface area contributed by atoms with E-state index < -0.39 is 0 Å². The van der Waals surface area contributed by atoms with E-state index in [2.05, 4.69) is 22.8 Å². The van der Waals surface area contributed by atoms with Crippen LogP contribution >= 0.6 is 0 Å². The fraction of sp³-hybridized carbons (Fsp3) is 0.316. The van der Waals surface area contributed by atoms with E-state index in [0.29, 0.717) is 6.54 Å². The van der Waals surface area contributed by atoms with E-state index in [0.717, 1.165) is 24.1 Å². The predicted octanol–water partition coefficient (Wildman–Crippen LogP) is 2.26. The number of hydrogen-bond acceptors (Lipinski definition) is 3. The van der Waals surface area contributed by atoms with Gasteiger partial charge in [-0.3, -0.25) is 4.79 Å². The quantitative estimate of drug-likeness (QED) is 0.794. The molecular formula is C19H22N2O2. The number of benzene rings is 2. The van der Waals surface area contributed by atoms with Crippen molar-refractivity contribution >= 4 is 11.6 Å². The number of nitrogens with one attached hydrogen (secondary N) is 2. The van der Waals surface area contributed by atoms with Gasteiger partial charge in [0.1, 0.15) is 0 Å². The molecule has 4 heteroatoms. The third-order valence-electron chi connectivity index (χ3n) is 4.39. The SMILES string of the molecule is CC(=O)Nc1cccc(CNC2(CO)Cc3ccccc3C2)c1. The van der Waals surface area contributed by atoms with Gasteiger partial charge in [0.15, 0.2) is 0 Å². The molecule has 4 nitrogen and oxygen atoms in total. The topological polar surface area (TPSA) is 61.4 Å². The molecule has 3 rings (SSSR count). The Bertz CT molecular complexity index is 687. The van der Waals surface area contributed by atoms with E-state index in [4.69, 9.17) is 0 Å². The van der Waals surface area contributed by atoms with Crippen molar-refractivity contribution in [3.8, 4) is 0 Å². The molecule has 2 aromatic rings. The van der Waals surface area contributed by atoms with Crippen LogP contribution in [0, 0.1) is 0 Å². The van der Waals surface area contributed by atoms with Crippen molar-refractivity contribution in [2.45, 2.75) is 31.8 Å². The van der Waals surface area contributed by atoms with E-state index in [1.165, 1.54) is 18.1 Å². The van der Waals surface area contributed by atoms with Crippen LogP contribution in [0.3, 0.4) is 0 Å². The van der Waals surface area contributed by atoms with E-state index in [9.17, 15) is 9.90 Å². The van der Waals surface area contributed by atoms with Crippen molar-refractivity contribution in [2.24, 2.45) is 0 Å². The number of carbonyl (C=O) groups is 1. The molecule has 0 radical (unpaired) electrons. The van der Waals surface area contributed by atoms with Gasteiger partial charge in [-0.25, -0.2) is 0 Å². The highest BCUT2D eigenvalue weighted by molar-refractivity contribution is 5.88. The highest BCUT2D eigenvalue weighted by Gasteiger charge is 2.35. The Labute approximate surface area is 136 Å². The molecule has 120 valence electrons. The largest absolute Gasteiger partial charge is 0.394 e. The van der Waals surface area contributed by atoms with Crippen LogP contribution in [0.2, 0.25) is 0 Å². The van der Waals surface area contributed by atoms with Gasteiger partial charge in [-0.05, 0) is 41.7 Å². The molecule has 0 aliphatic heterocycles. The summed E-state index contributed by atoms with van der Waals surface area (Å²) in [4.78, 5) is 11.2. The lowest BCUT2D eigenvalue weighted by atomic mass is 9.96. The second kappa shape index (κ2) is 6.52. The van der Waals surface area contributed by atoms with Crippen molar-refractivity contribution in [1.82, 2.24) is 5.32 Å². The Morgan fingerprint density at radius 2 is 1.83 bits per heavy atom. The lowest BCUT2D eigenvalue weighted by Crippen LogP contribution is -2.49. The molecule has 3 N–H and O–H groups in total. The summed E-state index contributed by atoms with van der Waals surface area (Å²) in [5.74, 6) is -0.0758. The number of aliphatic hydroxyl groups excluding tert-OH is 1. The molecule has 1 aliphatic carbocycles. The number of anilines is 1. The molecular weight excluding hydrogens is 288 g/mol. The Kier molecular flexibility index (Phi) is 4.46. The molecule has 0 heterocycles. The molecule has 0 aromatic heterocycles. The van der Waals surface area contributed by atoms with Crippen LogP contribution in [0.25, 0.3) is 0 Å². The number of rotatable bonds is 5. The van der Waals surface area contributed by atoms with Crippen LogP contribution in [0.4, 0.5) is 5.69 Å². The zero-order valence-corrected chi connectivity index (χ0v) is 13.3. The lowest BCUT2D eigenvalue weighted by molar-refractivity contribution is -0.114. The summed E-state index contributed by atoms with van der Waals surface area (Å²) < 4.78 is 0. The zero-order valence-electron chi connectivity index (χ0n) is 13.3. The monoisotopic (exact) mass is 310 g/mol. The molecule has 0 saturated heterocycles. The lowest BCUT2D eigenvalue weighted by Gasteiger charge is -2.28. The number of fused-ring (bicyclic) bond motifs is 1. The minimum absolute atomic E-state index is 0.0758. The van der Waals surface area contributed by atoms with Gasteiger partial charge in [-0.15, -0.1) is 0 Å². The molecule has 0 saturated carbocycles. The summed E-state index contributed by atoms with van der Waals surface area (Å²) in [7, 11) is 0. The number of amides is 1. The van der Waals surface area contributed by atoms with Gasteiger partial charge in [-0.2, -0.15) is 0 Å². The second-order valence-electron chi connectivity index (χ2n) is 6.30. The Morgan fingerprint density at radius 3 is 2.43 bits per heavy atom.